The van der Waals surface area contributed by atoms with Gasteiger partial charge in [-0.1, -0.05) is 42.5 Å². The highest BCUT2D eigenvalue weighted by Crippen LogP contribution is 2.25. The number of hydrogen-bond donors (Lipinski definition) is 1. The molecule has 1 aliphatic heterocycles. The highest BCUT2D eigenvalue weighted by atomic mass is 127. The number of rotatable bonds is 7. The van der Waals surface area contributed by atoms with Gasteiger partial charge in [0.1, 0.15) is 5.82 Å². The Morgan fingerprint density at radius 3 is 2.72 bits per heavy atom. The lowest BCUT2D eigenvalue weighted by molar-refractivity contribution is 0.474. The third-order valence-electron chi connectivity index (χ3n) is 5.74. The van der Waals surface area contributed by atoms with Gasteiger partial charge in [0.25, 0.3) is 0 Å². The van der Waals surface area contributed by atoms with Gasteiger partial charge >= 0.3 is 0 Å². The second-order valence-electron chi connectivity index (χ2n) is 8.05. The fraction of sp³-hybridized carbons (Fsp3) is 0.360. The SMILES string of the molecule is CN=C(NCc1cccc(Cn2ccnc2C)c1)N1CCC(CSc2ccccc2)C1.I. The lowest BCUT2D eigenvalue weighted by atomic mass is 10.1. The van der Waals surface area contributed by atoms with Crippen LogP contribution in [0.4, 0.5) is 0 Å². The van der Waals surface area contributed by atoms with Gasteiger partial charge in [-0.05, 0) is 42.5 Å². The highest BCUT2D eigenvalue weighted by molar-refractivity contribution is 14.0. The number of aromatic nitrogens is 2. The third-order valence-corrected chi connectivity index (χ3v) is 6.99. The zero-order valence-electron chi connectivity index (χ0n) is 18.8. The van der Waals surface area contributed by atoms with E-state index in [0.29, 0.717) is 5.92 Å². The Labute approximate surface area is 212 Å². The molecule has 0 radical (unpaired) electrons. The third kappa shape index (κ3) is 6.75. The summed E-state index contributed by atoms with van der Waals surface area (Å²) in [4.78, 5) is 12.6. The summed E-state index contributed by atoms with van der Waals surface area (Å²) < 4.78 is 2.17. The molecular formula is C25H32IN5S. The van der Waals surface area contributed by atoms with Crippen LogP contribution in [0.2, 0.25) is 0 Å². The van der Waals surface area contributed by atoms with E-state index in [-0.39, 0.29) is 24.0 Å². The minimum atomic E-state index is 0. The van der Waals surface area contributed by atoms with E-state index in [4.69, 9.17) is 0 Å². The second kappa shape index (κ2) is 12.3. The molecule has 1 fully saturated rings. The summed E-state index contributed by atoms with van der Waals surface area (Å²) in [5.41, 5.74) is 2.56. The number of likely N-dealkylation sites (tertiary alicyclic amines) is 1. The second-order valence-corrected chi connectivity index (χ2v) is 9.14. The van der Waals surface area contributed by atoms with Gasteiger partial charge in [0, 0.05) is 56.3 Å². The number of nitrogens with one attached hydrogen (secondary N) is 1. The summed E-state index contributed by atoms with van der Waals surface area (Å²) in [7, 11) is 1.88. The van der Waals surface area contributed by atoms with E-state index in [1.165, 1.54) is 22.4 Å². The molecule has 1 unspecified atom stereocenters. The molecule has 1 saturated heterocycles. The minimum Gasteiger partial charge on any atom is -0.352 e. The molecule has 0 amide bonds. The topological polar surface area (TPSA) is 45.5 Å². The molecule has 5 nitrogen and oxygen atoms in total. The lowest BCUT2D eigenvalue weighted by Crippen LogP contribution is -2.39. The van der Waals surface area contributed by atoms with Gasteiger partial charge in [-0.15, -0.1) is 35.7 Å². The maximum Gasteiger partial charge on any atom is 0.193 e. The molecule has 3 aromatic rings. The molecule has 1 N–H and O–H groups in total. The number of benzene rings is 2. The number of nitrogens with zero attached hydrogens (tertiary/aromatic N) is 4. The van der Waals surface area contributed by atoms with E-state index in [1.54, 1.807) is 0 Å². The van der Waals surface area contributed by atoms with Crippen LogP contribution < -0.4 is 5.32 Å². The first-order valence-corrected chi connectivity index (χ1v) is 11.9. The molecule has 7 heteroatoms. The summed E-state index contributed by atoms with van der Waals surface area (Å²) >= 11 is 1.96. The Morgan fingerprint density at radius 1 is 1.16 bits per heavy atom. The van der Waals surface area contributed by atoms with Crippen molar-refractivity contribution in [2.24, 2.45) is 10.9 Å². The van der Waals surface area contributed by atoms with Crippen molar-refractivity contribution in [3.63, 3.8) is 0 Å². The van der Waals surface area contributed by atoms with Gasteiger partial charge in [-0.25, -0.2) is 4.98 Å². The Balaban J connectivity index is 0.00000289. The van der Waals surface area contributed by atoms with E-state index >= 15 is 0 Å². The summed E-state index contributed by atoms with van der Waals surface area (Å²) in [6, 6.07) is 19.4. The molecule has 32 heavy (non-hydrogen) atoms. The van der Waals surface area contributed by atoms with Crippen molar-refractivity contribution in [2.75, 3.05) is 25.9 Å². The van der Waals surface area contributed by atoms with Gasteiger partial charge < -0.3 is 14.8 Å². The minimum absolute atomic E-state index is 0. The van der Waals surface area contributed by atoms with Crippen LogP contribution in [-0.2, 0) is 13.1 Å². The molecule has 1 atom stereocenters. The van der Waals surface area contributed by atoms with E-state index in [0.717, 1.165) is 43.7 Å². The molecule has 0 aliphatic carbocycles. The first kappa shape index (κ1) is 24.6. The van der Waals surface area contributed by atoms with Crippen molar-refractivity contribution in [2.45, 2.75) is 31.3 Å². The number of halogens is 1. The van der Waals surface area contributed by atoms with Crippen LogP contribution in [0.3, 0.4) is 0 Å². The zero-order chi connectivity index (χ0) is 21.5. The number of thioether (sulfide) groups is 1. The van der Waals surface area contributed by atoms with E-state index < -0.39 is 0 Å². The van der Waals surface area contributed by atoms with Crippen molar-refractivity contribution >= 4 is 41.7 Å². The smallest absolute Gasteiger partial charge is 0.193 e. The van der Waals surface area contributed by atoms with Crippen molar-refractivity contribution < 1.29 is 0 Å². The standard InChI is InChI=1S/C25H31N5S.HI/c1-20-27-12-14-29(20)17-22-8-6-7-21(15-22)16-28-25(26-2)30-13-11-23(18-30)19-31-24-9-4-3-5-10-24;/h3-10,12,14-15,23H,11,13,16-19H2,1-2H3,(H,26,28);1H. The molecule has 4 rings (SSSR count). The molecule has 2 heterocycles. The summed E-state index contributed by atoms with van der Waals surface area (Å²) in [5, 5.41) is 3.57. The van der Waals surface area contributed by atoms with Gasteiger partial charge in [0.2, 0.25) is 0 Å². The Kier molecular flexibility index (Phi) is 9.47. The Morgan fingerprint density at radius 2 is 1.97 bits per heavy atom. The van der Waals surface area contributed by atoms with E-state index in [1.807, 2.05) is 38.1 Å². The first-order chi connectivity index (χ1) is 15.2. The van der Waals surface area contributed by atoms with Gasteiger partial charge in [0.15, 0.2) is 5.96 Å². The van der Waals surface area contributed by atoms with Crippen LogP contribution in [0.25, 0.3) is 0 Å². The fourth-order valence-corrected chi connectivity index (χ4v) is 5.06. The molecular weight excluding hydrogens is 529 g/mol. The molecule has 2 aromatic carbocycles. The van der Waals surface area contributed by atoms with Crippen LogP contribution in [-0.4, -0.2) is 46.3 Å². The number of aryl methyl sites for hydroxylation is 1. The quantitative estimate of drug-likeness (QED) is 0.190. The number of hydrogen-bond acceptors (Lipinski definition) is 3. The Bertz CT molecular complexity index is 1000. The summed E-state index contributed by atoms with van der Waals surface area (Å²) in [5.74, 6) is 3.90. The first-order valence-electron chi connectivity index (χ1n) is 10.9. The maximum absolute atomic E-state index is 4.54. The fourth-order valence-electron chi connectivity index (χ4n) is 4.01. The molecule has 170 valence electrons. The molecule has 0 saturated carbocycles. The van der Waals surface area contributed by atoms with Gasteiger partial charge in [-0.2, -0.15) is 0 Å². The number of guanidine groups is 1. The molecule has 0 spiro atoms. The van der Waals surface area contributed by atoms with Crippen LogP contribution in [0.5, 0.6) is 0 Å². The van der Waals surface area contributed by atoms with E-state index in [2.05, 4.69) is 79.4 Å². The molecule has 1 aromatic heterocycles. The van der Waals surface area contributed by atoms with Gasteiger partial charge in [0.05, 0.1) is 0 Å². The average Bonchev–Trinajstić information content (AvgIpc) is 3.43. The van der Waals surface area contributed by atoms with Crippen LogP contribution >= 0.6 is 35.7 Å². The maximum atomic E-state index is 4.54. The largest absolute Gasteiger partial charge is 0.352 e. The number of imidazole rings is 1. The van der Waals surface area contributed by atoms with Crippen LogP contribution in [0.15, 0.2) is 76.9 Å². The lowest BCUT2D eigenvalue weighted by Gasteiger charge is -2.22. The van der Waals surface area contributed by atoms with Crippen molar-refractivity contribution in [3.8, 4) is 0 Å². The van der Waals surface area contributed by atoms with Crippen LogP contribution in [0.1, 0.15) is 23.4 Å². The Hall–Kier alpha value is -2.00. The van der Waals surface area contributed by atoms with E-state index in [9.17, 15) is 0 Å². The number of aliphatic imine (C=N–C) groups is 1. The summed E-state index contributed by atoms with van der Waals surface area (Å²) in [6.45, 7) is 5.81. The van der Waals surface area contributed by atoms with Crippen molar-refractivity contribution in [1.82, 2.24) is 19.8 Å². The predicted octanol–water partition coefficient (Wildman–Crippen LogP) is 5.05. The normalized spacial score (nSPS) is 16.1. The average molecular weight is 562 g/mol. The van der Waals surface area contributed by atoms with Crippen molar-refractivity contribution in [3.05, 3.63) is 83.9 Å². The highest BCUT2D eigenvalue weighted by Gasteiger charge is 2.24. The zero-order valence-corrected chi connectivity index (χ0v) is 21.9. The van der Waals surface area contributed by atoms with Crippen LogP contribution in [0, 0.1) is 12.8 Å². The molecule has 1 aliphatic rings. The van der Waals surface area contributed by atoms with Crippen molar-refractivity contribution in [1.29, 1.82) is 0 Å². The summed E-state index contributed by atoms with van der Waals surface area (Å²) in [6.07, 6.45) is 5.11. The molecule has 0 bridgehead atoms. The predicted molar refractivity (Wildman–Crippen MR) is 145 cm³/mol. The van der Waals surface area contributed by atoms with Gasteiger partial charge in [-0.3, -0.25) is 4.99 Å². The monoisotopic (exact) mass is 561 g/mol.